The van der Waals surface area contributed by atoms with Gasteiger partial charge in [0.1, 0.15) is 18.2 Å². The number of hydrogen-bond donors (Lipinski definition) is 0. The van der Waals surface area contributed by atoms with Gasteiger partial charge in [0.15, 0.2) is 11.7 Å². The average Bonchev–Trinajstić information content (AvgIpc) is 3.09. The fourth-order valence-electron chi connectivity index (χ4n) is 2.23. The Kier molecular flexibility index (Phi) is 5.18. The number of carbonyl (C=O) groups excluding carboxylic acids is 1. The molecule has 2 aromatic carbocycles. The minimum Gasteiger partial charge on any atom is -0.461 e. The van der Waals surface area contributed by atoms with Crippen molar-refractivity contribution < 1.29 is 22.7 Å². The van der Waals surface area contributed by atoms with Crippen LogP contribution >= 0.6 is 0 Å². The van der Waals surface area contributed by atoms with E-state index in [9.17, 15) is 13.6 Å². The van der Waals surface area contributed by atoms with E-state index in [2.05, 4.69) is 4.98 Å². The third-order valence-electron chi connectivity index (χ3n) is 3.57. The molecule has 6 heteroatoms. The predicted molar refractivity (Wildman–Crippen MR) is 86.4 cm³/mol. The molecule has 0 N–H and O–H groups in total. The Balaban J connectivity index is 1.51. The molecule has 4 nitrogen and oxygen atoms in total. The van der Waals surface area contributed by atoms with Gasteiger partial charge in [-0.05, 0) is 30.3 Å². The predicted octanol–water partition coefficient (Wildman–Crippen LogP) is 4.30. The third kappa shape index (κ3) is 4.50. The van der Waals surface area contributed by atoms with E-state index in [-0.39, 0.29) is 25.3 Å². The van der Waals surface area contributed by atoms with Gasteiger partial charge in [-0.15, -0.1) is 0 Å². The van der Waals surface area contributed by atoms with Crippen LogP contribution in [0.3, 0.4) is 0 Å². The quantitative estimate of drug-likeness (QED) is 0.626. The second-order valence-electron chi connectivity index (χ2n) is 5.38. The zero-order valence-electron chi connectivity index (χ0n) is 13.2. The maximum Gasteiger partial charge on any atom is 0.306 e. The molecule has 1 aromatic heterocycles. The molecule has 0 saturated carbocycles. The molecule has 0 amide bonds. The molecule has 0 fully saturated rings. The molecule has 0 aliphatic carbocycles. The molecule has 3 aromatic rings. The Morgan fingerprint density at radius 2 is 1.84 bits per heavy atom. The van der Waals surface area contributed by atoms with Crippen LogP contribution in [0.5, 0.6) is 0 Å². The SMILES string of the molecule is O=C(CCc1ncc(-c2ccc(F)cc2)o1)OCc1ccccc1F. The summed E-state index contributed by atoms with van der Waals surface area (Å²) < 4.78 is 36.9. The summed E-state index contributed by atoms with van der Waals surface area (Å²) in [6, 6.07) is 12.0. The van der Waals surface area contributed by atoms with E-state index >= 15 is 0 Å². The fraction of sp³-hybridized carbons (Fsp3) is 0.158. The number of aromatic nitrogens is 1. The molecule has 128 valence electrons. The molecule has 0 bridgehead atoms. The first-order valence-electron chi connectivity index (χ1n) is 7.71. The monoisotopic (exact) mass is 343 g/mol. The standard InChI is InChI=1S/C19H15F2NO3/c20-15-7-5-13(6-8-15)17-11-22-18(25-17)9-10-19(23)24-12-14-3-1-2-4-16(14)21/h1-8,11H,9-10,12H2. The van der Waals surface area contributed by atoms with Gasteiger partial charge in [-0.1, -0.05) is 18.2 Å². The molecule has 1 heterocycles. The van der Waals surface area contributed by atoms with Crippen molar-refractivity contribution in [2.24, 2.45) is 0 Å². The molecular formula is C19H15F2NO3. The number of aryl methyl sites for hydroxylation is 1. The Hall–Kier alpha value is -3.02. The zero-order valence-corrected chi connectivity index (χ0v) is 13.2. The average molecular weight is 343 g/mol. The minimum atomic E-state index is -0.468. The first-order valence-corrected chi connectivity index (χ1v) is 7.71. The van der Waals surface area contributed by atoms with Crippen LogP contribution in [0.1, 0.15) is 17.9 Å². The Bertz CT molecular complexity index is 859. The number of hydrogen-bond acceptors (Lipinski definition) is 4. The molecule has 0 saturated heterocycles. The van der Waals surface area contributed by atoms with Crippen LogP contribution in [-0.2, 0) is 22.6 Å². The Morgan fingerprint density at radius 1 is 1.08 bits per heavy atom. The summed E-state index contributed by atoms with van der Waals surface area (Å²) in [6.07, 6.45) is 1.85. The fourth-order valence-corrected chi connectivity index (χ4v) is 2.23. The van der Waals surface area contributed by atoms with E-state index in [0.717, 1.165) is 0 Å². The van der Waals surface area contributed by atoms with Crippen molar-refractivity contribution in [3.8, 4) is 11.3 Å². The summed E-state index contributed by atoms with van der Waals surface area (Å²) >= 11 is 0. The highest BCUT2D eigenvalue weighted by Gasteiger charge is 2.11. The van der Waals surface area contributed by atoms with Gasteiger partial charge < -0.3 is 9.15 Å². The molecule has 0 radical (unpaired) electrons. The van der Waals surface area contributed by atoms with Crippen LogP contribution < -0.4 is 0 Å². The number of ether oxygens (including phenoxy) is 1. The van der Waals surface area contributed by atoms with E-state index in [0.29, 0.717) is 22.8 Å². The first-order chi connectivity index (χ1) is 12.1. The molecule has 3 rings (SSSR count). The van der Waals surface area contributed by atoms with Gasteiger partial charge in [0, 0.05) is 17.5 Å². The van der Waals surface area contributed by atoms with Crippen LogP contribution in [0.25, 0.3) is 11.3 Å². The van der Waals surface area contributed by atoms with Crippen LogP contribution in [0.15, 0.2) is 59.1 Å². The van der Waals surface area contributed by atoms with Crippen LogP contribution in [0.4, 0.5) is 8.78 Å². The molecule has 0 spiro atoms. The summed E-state index contributed by atoms with van der Waals surface area (Å²) in [4.78, 5) is 15.9. The van der Waals surface area contributed by atoms with Crippen molar-refractivity contribution in [1.29, 1.82) is 0 Å². The number of esters is 1. The van der Waals surface area contributed by atoms with E-state index < -0.39 is 11.8 Å². The number of halogens is 2. The van der Waals surface area contributed by atoms with E-state index in [4.69, 9.17) is 9.15 Å². The highest BCUT2D eigenvalue weighted by Crippen LogP contribution is 2.21. The maximum atomic E-state index is 13.4. The van der Waals surface area contributed by atoms with Gasteiger partial charge >= 0.3 is 5.97 Å². The lowest BCUT2D eigenvalue weighted by atomic mass is 10.2. The lowest BCUT2D eigenvalue weighted by Gasteiger charge is -2.05. The molecule has 25 heavy (non-hydrogen) atoms. The smallest absolute Gasteiger partial charge is 0.306 e. The van der Waals surface area contributed by atoms with E-state index in [1.807, 2.05) is 0 Å². The zero-order chi connectivity index (χ0) is 17.6. The van der Waals surface area contributed by atoms with Gasteiger partial charge in [0.05, 0.1) is 12.6 Å². The summed E-state index contributed by atoms with van der Waals surface area (Å²) in [5, 5.41) is 0. The van der Waals surface area contributed by atoms with Crippen molar-refractivity contribution in [1.82, 2.24) is 4.98 Å². The van der Waals surface area contributed by atoms with Crippen LogP contribution in [-0.4, -0.2) is 11.0 Å². The third-order valence-corrected chi connectivity index (χ3v) is 3.57. The molecule has 0 unspecified atom stereocenters. The van der Waals surface area contributed by atoms with E-state index in [1.54, 1.807) is 30.3 Å². The topological polar surface area (TPSA) is 52.3 Å². The lowest BCUT2D eigenvalue weighted by Crippen LogP contribution is -2.06. The summed E-state index contributed by atoms with van der Waals surface area (Å²) in [6.45, 7) is -0.113. The molecule has 0 aliphatic rings. The van der Waals surface area contributed by atoms with Crippen LogP contribution in [0.2, 0.25) is 0 Å². The normalized spacial score (nSPS) is 10.6. The van der Waals surface area contributed by atoms with Gasteiger partial charge in [-0.25, -0.2) is 13.8 Å². The van der Waals surface area contributed by atoms with Crippen molar-refractivity contribution in [3.63, 3.8) is 0 Å². The van der Waals surface area contributed by atoms with Gasteiger partial charge in [-0.2, -0.15) is 0 Å². The summed E-state index contributed by atoms with van der Waals surface area (Å²) in [5.74, 6) is -0.338. The van der Waals surface area contributed by atoms with Crippen molar-refractivity contribution in [3.05, 3.63) is 77.8 Å². The summed E-state index contributed by atoms with van der Waals surface area (Å²) in [7, 11) is 0. The maximum absolute atomic E-state index is 13.4. The van der Waals surface area contributed by atoms with Gasteiger partial charge in [0.25, 0.3) is 0 Å². The molecule has 0 aliphatic heterocycles. The second kappa shape index (κ2) is 7.70. The van der Waals surface area contributed by atoms with E-state index in [1.165, 1.54) is 24.4 Å². The van der Waals surface area contributed by atoms with Gasteiger partial charge in [0.2, 0.25) is 0 Å². The lowest BCUT2D eigenvalue weighted by molar-refractivity contribution is -0.145. The number of oxazole rings is 1. The molecular weight excluding hydrogens is 328 g/mol. The van der Waals surface area contributed by atoms with Crippen LogP contribution in [0, 0.1) is 11.6 Å². The van der Waals surface area contributed by atoms with Gasteiger partial charge in [-0.3, -0.25) is 4.79 Å². The minimum absolute atomic E-state index is 0.0673. The Labute approximate surface area is 143 Å². The Morgan fingerprint density at radius 3 is 2.60 bits per heavy atom. The molecule has 0 atom stereocenters. The van der Waals surface area contributed by atoms with Crippen molar-refractivity contribution in [2.75, 3.05) is 0 Å². The first kappa shape index (κ1) is 16.8. The highest BCUT2D eigenvalue weighted by atomic mass is 19.1. The number of nitrogens with zero attached hydrogens (tertiary/aromatic N) is 1. The van der Waals surface area contributed by atoms with Crippen molar-refractivity contribution in [2.45, 2.75) is 19.4 Å². The van der Waals surface area contributed by atoms with Crippen molar-refractivity contribution >= 4 is 5.97 Å². The number of benzene rings is 2. The number of rotatable bonds is 6. The number of carbonyl (C=O) groups is 1. The second-order valence-corrected chi connectivity index (χ2v) is 5.38. The highest BCUT2D eigenvalue weighted by molar-refractivity contribution is 5.69. The summed E-state index contributed by atoms with van der Waals surface area (Å²) in [5.41, 5.74) is 1.02. The largest absolute Gasteiger partial charge is 0.461 e.